The second-order valence-electron chi connectivity index (χ2n) is 4.32. The highest BCUT2D eigenvalue weighted by atomic mass is 16.5. The summed E-state index contributed by atoms with van der Waals surface area (Å²) in [6.07, 6.45) is 2.27. The minimum absolute atomic E-state index is 0.156. The number of ketones is 1. The molecule has 18 heavy (non-hydrogen) atoms. The zero-order valence-corrected chi connectivity index (χ0v) is 10.1. The largest absolute Gasteiger partial charge is 0.480 e. The van der Waals surface area contributed by atoms with Gasteiger partial charge in [-0.3, -0.25) is 4.79 Å². The van der Waals surface area contributed by atoms with E-state index in [9.17, 15) is 4.79 Å². The fraction of sp³-hybridized carbons (Fsp3) is 0.417. The molecule has 0 bridgehead atoms. The van der Waals surface area contributed by atoms with Crippen molar-refractivity contribution in [2.24, 2.45) is 0 Å². The minimum atomic E-state index is -0.156. The maximum Gasteiger partial charge on any atom is 0.234 e. The third kappa shape index (κ3) is 1.84. The Hall–Kier alpha value is -1.95. The van der Waals surface area contributed by atoms with E-state index in [2.05, 4.69) is 15.4 Å². The molecule has 0 saturated carbocycles. The number of rotatable bonds is 2. The SMILES string of the molecule is COc1cn2nc(C3CNCCC3=O)ccc2n1. The Morgan fingerprint density at radius 2 is 2.39 bits per heavy atom. The molecule has 0 spiro atoms. The van der Waals surface area contributed by atoms with E-state index in [1.165, 1.54) is 0 Å². The Balaban J connectivity index is 1.99. The van der Waals surface area contributed by atoms with Crippen LogP contribution in [0.25, 0.3) is 5.65 Å². The van der Waals surface area contributed by atoms with Crippen LogP contribution in [0.15, 0.2) is 18.3 Å². The zero-order valence-electron chi connectivity index (χ0n) is 10.1. The number of Topliss-reactive ketones (excluding diaryl/α,β-unsaturated/α-hetero) is 1. The van der Waals surface area contributed by atoms with Crippen LogP contribution in [-0.4, -0.2) is 40.6 Å². The fourth-order valence-corrected chi connectivity index (χ4v) is 2.17. The number of nitrogens with one attached hydrogen (secondary N) is 1. The second kappa shape index (κ2) is 4.38. The third-order valence-corrected chi connectivity index (χ3v) is 3.17. The van der Waals surface area contributed by atoms with Crippen molar-refractivity contribution in [3.8, 4) is 5.88 Å². The minimum Gasteiger partial charge on any atom is -0.480 e. The summed E-state index contributed by atoms with van der Waals surface area (Å²) in [6, 6.07) is 3.71. The Morgan fingerprint density at radius 3 is 3.17 bits per heavy atom. The van der Waals surface area contributed by atoms with E-state index in [0.717, 1.165) is 12.2 Å². The molecule has 1 N–H and O–H groups in total. The standard InChI is InChI=1S/C12H14N4O2/c1-18-12-7-16-11(14-12)3-2-9(15-16)8-6-13-5-4-10(8)17/h2-3,7-8,13H,4-6H2,1H3. The molecule has 0 radical (unpaired) electrons. The molecule has 2 aromatic heterocycles. The number of imidazole rings is 1. The van der Waals surface area contributed by atoms with E-state index in [-0.39, 0.29) is 11.7 Å². The van der Waals surface area contributed by atoms with E-state index in [1.807, 2.05) is 12.1 Å². The van der Waals surface area contributed by atoms with Crippen LogP contribution >= 0.6 is 0 Å². The van der Waals surface area contributed by atoms with Crippen LogP contribution in [-0.2, 0) is 4.79 Å². The summed E-state index contributed by atoms with van der Waals surface area (Å²) in [5.74, 6) is 0.608. The molecule has 1 aliphatic rings. The van der Waals surface area contributed by atoms with Crippen molar-refractivity contribution in [3.05, 3.63) is 24.0 Å². The number of carbonyl (C=O) groups is 1. The van der Waals surface area contributed by atoms with Gasteiger partial charge in [-0.1, -0.05) is 0 Å². The lowest BCUT2D eigenvalue weighted by molar-refractivity contribution is -0.121. The molecule has 0 aromatic carbocycles. The van der Waals surface area contributed by atoms with Crippen LogP contribution < -0.4 is 10.1 Å². The molecule has 1 atom stereocenters. The number of hydrogen-bond acceptors (Lipinski definition) is 5. The summed E-state index contributed by atoms with van der Waals surface area (Å²) >= 11 is 0. The van der Waals surface area contributed by atoms with Gasteiger partial charge in [0.15, 0.2) is 5.65 Å². The molecule has 2 aromatic rings. The quantitative estimate of drug-likeness (QED) is 0.830. The summed E-state index contributed by atoms with van der Waals surface area (Å²) in [5, 5.41) is 7.65. The van der Waals surface area contributed by atoms with Crippen molar-refractivity contribution in [1.82, 2.24) is 19.9 Å². The van der Waals surface area contributed by atoms with Crippen LogP contribution in [0.5, 0.6) is 5.88 Å². The number of piperidine rings is 1. The van der Waals surface area contributed by atoms with E-state index in [4.69, 9.17) is 4.74 Å². The Kier molecular flexibility index (Phi) is 2.71. The average Bonchev–Trinajstić information content (AvgIpc) is 2.81. The maximum atomic E-state index is 11.9. The highest BCUT2D eigenvalue weighted by Gasteiger charge is 2.25. The van der Waals surface area contributed by atoms with Crippen molar-refractivity contribution in [3.63, 3.8) is 0 Å². The third-order valence-electron chi connectivity index (χ3n) is 3.17. The first-order chi connectivity index (χ1) is 8.78. The molecule has 6 heteroatoms. The number of aromatic nitrogens is 3. The van der Waals surface area contributed by atoms with Gasteiger partial charge in [0.1, 0.15) is 5.78 Å². The summed E-state index contributed by atoms with van der Waals surface area (Å²) in [5.41, 5.74) is 1.49. The van der Waals surface area contributed by atoms with Crippen LogP contribution in [0.2, 0.25) is 0 Å². The van der Waals surface area contributed by atoms with Crippen molar-refractivity contribution < 1.29 is 9.53 Å². The average molecular weight is 246 g/mol. The molecule has 6 nitrogen and oxygen atoms in total. The van der Waals surface area contributed by atoms with Crippen molar-refractivity contribution in [2.75, 3.05) is 20.2 Å². The maximum absolute atomic E-state index is 11.9. The highest BCUT2D eigenvalue weighted by molar-refractivity contribution is 5.86. The van der Waals surface area contributed by atoms with Gasteiger partial charge in [-0.05, 0) is 12.1 Å². The summed E-state index contributed by atoms with van der Waals surface area (Å²) < 4.78 is 6.70. The molecule has 3 heterocycles. The van der Waals surface area contributed by atoms with Crippen molar-refractivity contribution in [2.45, 2.75) is 12.3 Å². The summed E-state index contributed by atoms with van der Waals surface area (Å²) in [6.45, 7) is 1.42. The van der Waals surface area contributed by atoms with Gasteiger partial charge in [0.2, 0.25) is 5.88 Å². The Morgan fingerprint density at radius 1 is 1.50 bits per heavy atom. The van der Waals surface area contributed by atoms with Gasteiger partial charge in [0.25, 0.3) is 0 Å². The molecule has 0 aliphatic carbocycles. The predicted octanol–water partition coefficient (Wildman–Crippen LogP) is 0.384. The van der Waals surface area contributed by atoms with Crippen molar-refractivity contribution >= 4 is 11.4 Å². The molecule has 1 aliphatic heterocycles. The van der Waals surface area contributed by atoms with Gasteiger partial charge in [-0.25, -0.2) is 4.52 Å². The summed E-state index contributed by atoms with van der Waals surface area (Å²) in [7, 11) is 1.57. The number of nitrogens with zero attached hydrogens (tertiary/aromatic N) is 3. The molecule has 94 valence electrons. The normalized spacial score (nSPS) is 20.3. The molecule has 0 amide bonds. The molecular formula is C12H14N4O2. The predicted molar refractivity (Wildman–Crippen MR) is 64.8 cm³/mol. The fourth-order valence-electron chi connectivity index (χ4n) is 2.17. The van der Waals surface area contributed by atoms with Gasteiger partial charge < -0.3 is 10.1 Å². The number of ether oxygens (including phenoxy) is 1. The lowest BCUT2D eigenvalue weighted by Crippen LogP contribution is -2.35. The first-order valence-corrected chi connectivity index (χ1v) is 5.91. The number of fused-ring (bicyclic) bond motifs is 1. The van der Waals surface area contributed by atoms with Crippen LogP contribution in [0.4, 0.5) is 0 Å². The van der Waals surface area contributed by atoms with Gasteiger partial charge in [0.05, 0.1) is 24.9 Å². The molecule has 1 fully saturated rings. The van der Waals surface area contributed by atoms with Gasteiger partial charge in [0, 0.05) is 19.5 Å². The Bertz CT molecular complexity index is 593. The Labute approximate surface area is 104 Å². The topological polar surface area (TPSA) is 68.5 Å². The van der Waals surface area contributed by atoms with E-state index in [0.29, 0.717) is 24.5 Å². The molecule has 1 saturated heterocycles. The second-order valence-corrected chi connectivity index (χ2v) is 4.32. The van der Waals surface area contributed by atoms with E-state index < -0.39 is 0 Å². The van der Waals surface area contributed by atoms with E-state index in [1.54, 1.807) is 17.8 Å². The van der Waals surface area contributed by atoms with E-state index >= 15 is 0 Å². The lowest BCUT2D eigenvalue weighted by atomic mass is 9.94. The van der Waals surface area contributed by atoms with Gasteiger partial charge >= 0.3 is 0 Å². The van der Waals surface area contributed by atoms with Crippen LogP contribution in [0.1, 0.15) is 18.0 Å². The number of hydrogen-bond donors (Lipinski definition) is 1. The lowest BCUT2D eigenvalue weighted by Gasteiger charge is -2.20. The van der Waals surface area contributed by atoms with Gasteiger partial charge in [-0.15, -0.1) is 0 Å². The molecule has 3 rings (SSSR count). The first kappa shape index (κ1) is 11.2. The zero-order chi connectivity index (χ0) is 12.5. The smallest absolute Gasteiger partial charge is 0.234 e. The van der Waals surface area contributed by atoms with Gasteiger partial charge in [-0.2, -0.15) is 10.1 Å². The monoisotopic (exact) mass is 246 g/mol. The van der Waals surface area contributed by atoms with Crippen LogP contribution in [0.3, 0.4) is 0 Å². The van der Waals surface area contributed by atoms with Crippen molar-refractivity contribution in [1.29, 1.82) is 0 Å². The highest BCUT2D eigenvalue weighted by Crippen LogP contribution is 2.19. The van der Waals surface area contributed by atoms with Crippen LogP contribution in [0, 0.1) is 0 Å². The number of carbonyl (C=O) groups excluding carboxylic acids is 1. The number of methoxy groups -OCH3 is 1. The first-order valence-electron chi connectivity index (χ1n) is 5.91. The summed E-state index contributed by atoms with van der Waals surface area (Å²) in [4.78, 5) is 16.1. The molecular weight excluding hydrogens is 232 g/mol. The molecule has 1 unspecified atom stereocenters.